The summed E-state index contributed by atoms with van der Waals surface area (Å²) in [5, 5.41) is 11.5. The molecule has 122 valence electrons. The van der Waals surface area contributed by atoms with Crippen molar-refractivity contribution in [3.8, 4) is 11.5 Å². The van der Waals surface area contributed by atoms with Gasteiger partial charge in [0.05, 0.1) is 13.7 Å². The lowest BCUT2D eigenvalue weighted by atomic mass is 10.0. The van der Waals surface area contributed by atoms with E-state index in [4.69, 9.17) is 14.6 Å². The summed E-state index contributed by atoms with van der Waals surface area (Å²) in [4.78, 5) is 22.7. The largest absolute Gasteiger partial charge is 0.497 e. The summed E-state index contributed by atoms with van der Waals surface area (Å²) in [5.41, 5.74) is 0. The van der Waals surface area contributed by atoms with Gasteiger partial charge in [0.15, 0.2) is 0 Å². The Balaban J connectivity index is 2.28. The molecule has 0 aliphatic rings. The first-order valence-electron chi connectivity index (χ1n) is 7.23. The van der Waals surface area contributed by atoms with E-state index in [0.717, 1.165) is 5.75 Å². The minimum Gasteiger partial charge on any atom is -0.497 e. The van der Waals surface area contributed by atoms with Crippen molar-refractivity contribution in [1.29, 1.82) is 0 Å². The number of nitrogens with one attached hydrogen (secondary N) is 1. The molecule has 0 bridgehead atoms. The number of ether oxygens (including phenoxy) is 2. The summed E-state index contributed by atoms with van der Waals surface area (Å²) in [6.45, 7) is 3.90. The third kappa shape index (κ3) is 6.03. The van der Waals surface area contributed by atoms with Crippen LogP contribution in [0.1, 0.15) is 26.7 Å². The molecule has 0 fully saturated rings. The molecule has 1 amide bonds. The van der Waals surface area contributed by atoms with Crippen LogP contribution in [0.5, 0.6) is 11.5 Å². The van der Waals surface area contributed by atoms with Crippen molar-refractivity contribution >= 4 is 11.9 Å². The highest BCUT2D eigenvalue weighted by Crippen LogP contribution is 2.17. The zero-order valence-electron chi connectivity index (χ0n) is 13.2. The molecule has 0 saturated heterocycles. The molecule has 1 aromatic rings. The predicted octanol–water partition coefficient (Wildman–Crippen LogP) is 2.08. The molecule has 2 N–H and O–H groups in total. The molecular weight excluding hydrogens is 286 g/mol. The molecule has 0 radical (unpaired) electrons. The molecule has 0 aliphatic carbocycles. The molecule has 0 saturated carbocycles. The van der Waals surface area contributed by atoms with Crippen molar-refractivity contribution in [3.05, 3.63) is 24.3 Å². The van der Waals surface area contributed by atoms with Crippen LogP contribution in [0.3, 0.4) is 0 Å². The van der Waals surface area contributed by atoms with Gasteiger partial charge in [-0.25, -0.2) is 4.79 Å². The van der Waals surface area contributed by atoms with Gasteiger partial charge in [0.1, 0.15) is 17.5 Å². The molecule has 0 spiro atoms. The maximum absolute atomic E-state index is 11.7. The molecule has 1 aromatic carbocycles. The summed E-state index contributed by atoms with van der Waals surface area (Å²) in [5.74, 6) is 0.00110. The van der Waals surface area contributed by atoms with Crippen LogP contribution < -0.4 is 14.8 Å². The summed E-state index contributed by atoms with van der Waals surface area (Å²) >= 11 is 0. The average molecular weight is 309 g/mol. The lowest BCUT2D eigenvalue weighted by Crippen LogP contribution is -2.44. The predicted molar refractivity (Wildman–Crippen MR) is 82.1 cm³/mol. The Morgan fingerprint density at radius 1 is 1.18 bits per heavy atom. The van der Waals surface area contributed by atoms with Crippen molar-refractivity contribution in [2.75, 3.05) is 13.7 Å². The smallest absolute Gasteiger partial charge is 0.326 e. The molecule has 1 atom stereocenters. The zero-order chi connectivity index (χ0) is 16.5. The third-order valence-corrected chi connectivity index (χ3v) is 3.13. The second-order valence-corrected chi connectivity index (χ2v) is 5.25. The van der Waals surface area contributed by atoms with Gasteiger partial charge in [-0.15, -0.1) is 0 Å². The van der Waals surface area contributed by atoms with Gasteiger partial charge < -0.3 is 19.9 Å². The lowest BCUT2D eigenvalue weighted by Gasteiger charge is -2.17. The van der Waals surface area contributed by atoms with Crippen LogP contribution in [0.25, 0.3) is 0 Å². The minimum absolute atomic E-state index is 0.156. The molecular formula is C16H23NO5. The molecule has 6 heteroatoms. The summed E-state index contributed by atoms with van der Waals surface area (Å²) in [7, 11) is 1.59. The van der Waals surface area contributed by atoms with Crippen molar-refractivity contribution < 1.29 is 24.2 Å². The Bertz CT molecular complexity index is 484. The van der Waals surface area contributed by atoms with Crippen LogP contribution in [0.15, 0.2) is 24.3 Å². The van der Waals surface area contributed by atoms with Crippen molar-refractivity contribution in [1.82, 2.24) is 5.32 Å². The van der Waals surface area contributed by atoms with E-state index in [2.05, 4.69) is 5.32 Å². The molecule has 0 heterocycles. The van der Waals surface area contributed by atoms with Crippen LogP contribution in [0.2, 0.25) is 0 Å². The van der Waals surface area contributed by atoms with Crippen molar-refractivity contribution in [2.24, 2.45) is 5.92 Å². The molecule has 6 nitrogen and oxygen atoms in total. The van der Waals surface area contributed by atoms with Gasteiger partial charge in [0.25, 0.3) is 0 Å². The summed E-state index contributed by atoms with van der Waals surface area (Å²) < 4.78 is 10.5. The van der Waals surface area contributed by atoms with Crippen molar-refractivity contribution in [3.63, 3.8) is 0 Å². The van der Waals surface area contributed by atoms with Gasteiger partial charge in [-0.2, -0.15) is 0 Å². The second kappa shape index (κ2) is 8.92. The van der Waals surface area contributed by atoms with Gasteiger partial charge >= 0.3 is 5.97 Å². The third-order valence-electron chi connectivity index (χ3n) is 3.13. The number of benzene rings is 1. The van der Waals surface area contributed by atoms with E-state index in [1.807, 2.05) is 0 Å². The molecule has 0 aromatic heterocycles. The number of carbonyl (C=O) groups is 2. The maximum atomic E-state index is 11.7. The van der Waals surface area contributed by atoms with Gasteiger partial charge in [0.2, 0.25) is 5.91 Å². The number of carboxylic acids is 1. The number of carboxylic acid groups (broad SMARTS) is 1. The fourth-order valence-corrected chi connectivity index (χ4v) is 1.85. The first-order chi connectivity index (χ1) is 10.4. The Labute approximate surface area is 130 Å². The monoisotopic (exact) mass is 309 g/mol. The molecule has 22 heavy (non-hydrogen) atoms. The highest BCUT2D eigenvalue weighted by Gasteiger charge is 2.22. The van der Waals surface area contributed by atoms with Crippen LogP contribution in [-0.2, 0) is 9.59 Å². The number of aliphatic carboxylic acids is 1. The quantitative estimate of drug-likeness (QED) is 0.682. The number of carbonyl (C=O) groups excluding carboxylic acids is 1. The summed E-state index contributed by atoms with van der Waals surface area (Å²) in [6.07, 6.45) is 0.745. The first-order valence-corrected chi connectivity index (χ1v) is 7.23. The van der Waals surface area contributed by atoms with E-state index in [1.54, 1.807) is 45.2 Å². The molecule has 1 rings (SSSR count). The van der Waals surface area contributed by atoms with Crippen LogP contribution >= 0.6 is 0 Å². The number of amides is 1. The fraction of sp³-hybridized carbons (Fsp3) is 0.500. The summed E-state index contributed by atoms with van der Waals surface area (Å²) in [6, 6.07) is 6.32. The Morgan fingerprint density at radius 3 is 2.27 bits per heavy atom. The number of hydrogen-bond donors (Lipinski definition) is 2. The van der Waals surface area contributed by atoms with Crippen LogP contribution in [0, 0.1) is 5.92 Å². The van der Waals surface area contributed by atoms with Crippen molar-refractivity contribution in [2.45, 2.75) is 32.7 Å². The van der Waals surface area contributed by atoms with E-state index >= 15 is 0 Å². The van der Waals surface area contributed by atoms with Gasteiger partial charge in [-0.3, -0.25) is 4.79 Å². The van der Waals surface area contributed by atoms with E-state index in [9.17, 15) is 9.59 Å². The number of rotatable bonds is 9. The van der Waals surface area contributed by atoms with Gasteiger partial charge in [-0.1, -0.05) is 13.8 Å². The Kier molecular flexibility index (Phi) is 7.22. The second-order valence-electron chi connectivity index (χ2n) is 5.25. The normalized spacial score (nSPS) is 11.8. The standard InChI is InChI=1S/C16H23NO5/c1-11(2)15(16(19)20)17-14(18)5-4-10-22-13-8-6-12(21-3)7-9-13/h6-9,11,15H,4-5,10H2,1-3H3,(H,17,18)(H,19,20). The van der Waals surface area contributed by atoms with E-state index in [-0.39, 0.29) is 18.2 Å². The lowest BCUT2D eigenvalue weighted by molar-refractivity contribution is -0.143. The number of methoxy groups -OCH3 is 1. The fourth-order valence-electron chi connectivity index (χ4n) is 1.85. The average Bonchev–Trinajstić information content (AvgIpc) is 2.49. The van der Waals surface area contributed by atoms with Crippen LogP contribution in [-0.4, -0.2) is 36.7 Å². The maximum Gasteiger partial charge on any atom is 0.326 e. The van der Waals surface area contributed by atoms with E-state index in [0.29, 0.717) is 18.8 Å². The minimum atomic E-state index is -1.02. The van der Waals surface area contributed by atoms with E-state index in [1.165, 1.54) is 0 Å². The van der Waals surface area contributed by atoms with Crippen LogP contribution in [0.4, 0.5) is 0 Å². The zero-order valence-corrected chi connectivity index (χ0v) is 13.2. The first kappa shape index (κ1) is 17.8. The highest BCUT2D eigenvalue weighted by atomic mass is 16.5. The Hall–Kier alpha value is -2.24. The number of hydrogen-bond acceptors (Lipinski definition) is 4. The topological polar surface area (TPSA) is 84.9 Å². The SMILES string of the molecule is COc1ccc(OCCCC(=O)NC(C(=O)O)C(C)C)cc1. The van der Waals surface area contributed by atoms with E-state index < -0.39 is 12.0 Å². The van der Waals surface area contributed by atoms with Gasteiger partial charge in [-0.05, 0) is 36.6 Å². The van der Waals surface area contributed by atoms with Gasteiger partial charge in [0, 0.05) is 6.42 Å². The Morgan fingerprint density at radius 2 is 1.77 bits per heavy atom. The molecule has 1 unspecified atom stereocenters. The highest BCUT2D eigenvalue weighted by molar-refractivity contribution is 5.83. The molecule has 0 aliphatic heterocycles.